The summed E-state index contributed by atoms with van der Waals surface area (Å²) in [7, 11) is -4.85. The Hall–Kier alpha value is -5.37. The molecule has 4 aromatic rings. The molecule has 0 bridgehead atoms. The normalized spacial score (nSPS) is 16.2. The molecule has 15 nitrogen and oxygen atoms in total. The molecule has 2 heterocycles. The second-order valence-corrected chi connectivity index (χ2v) is 18.4. The van der Waals surface area contributed by atoms with Crippen molar-refractivity contribution in [2.24, 2.45) is 0 Å². The van der Waals surface area contributed by atoms with Crippen LogP contribution in [0.4, 0.5) is 43.5 Å². The number of amides is 3. The molecular formula is C39H45ClF4N6O9S. The Labute approximate surface area is 348 Å². The molecule has 21 heteroatoms. The molecule has 0 atom stereocenters. The lowest BCUT2D eigenvalue weighted by molar-refractivity contribution is -0.0500. The highest BCUT2D eigenvalue weighted by atomic mass is 35.5. The Balaban J connectivity index is 1.65. The Bertz CT molecular complexity index is 2410. The van der Waals surface area contributed by atoms with Crippen LogP contribution in [0.3, 0.4) is 0 Å². The number of alkyl halides is 2. The number of carbonyl (C=O) groups excluding carboxylic acids is 2. The molecule has 0 radical (unpaired) electrons. The number of ether oxygens (including phenoxy) is 3. The third kappa shape index (κ3) is 10.5. The zero-order chi connectivity index (χ0) is 44.6. The molecule has 0 saturated heterocycles. The van der Waals surface area contributed by atoms with E-state index in [1.165, 1.54) is 31.6 Å². The minimum atomic E-state index is -4.85. The van der Waals surface area contributed by atoms with Crippen molar-refractivity contribution >= 4 is 62.3 Å². The number of sulfonamides is 1. The van der Waals surface area contributed by atoms with E-state index < -0.39 is 96.5 Å². The second kappa shape index (κ2) is 17.3. The number of hydrogen-bond donors (Lipinski definition) is 3. The Kier molecular flexibility index (Phi) is 13.2. The maximum Gasteiger partial charge on any atom is 0.425 e. The van der Waals surface area contributed by atoms with Crippen LogP contribution in [0.5, 0.6) is 5.75 Å². The molecular weight excluding hydrogens is 840 g/mol. The van der Waals surface area contributed by atoms with Crippen LogP contribution in [0.25, 0.3) is 22.2 Å². The first-order valence-corrected chi connectivity index (χ1v) is 20.6. The zero-order valence-electron chi connectivity index (χ0n) is 33.9. The van der Waals surface area contributed by atoms with E-state index in [-0.39, 0.29) is 33.5 Å². The highest BCUT2D eigenvalue weighted by Gasteiger charge is 2.37. The summed E-state index contributed by atoms with van der Waals surface area (Å²) in [6.45, 7) is 9.98. The average molecular weight is 885 g/mol. The van der Waals surface area contributed by atoms with Gasteiger partial charge in [-0.1, -0.05) is 11.6 Å². The van der Waals surface area contributed by atoms with Crippen LogP contribution in [0, 0.1) is 11.6 Å². The summed E-state index contributed by atoms with van der Waals surface area (Å²) in [6, 6.07) is 3.05. The summed E-state index contributed by atoms with van der Waals surface area (Å²) in [5.41, 5.74) is -2.88. The van der Waals surface area contributed by atoms with Crippen LogP contribution in [-0.4, -0.2) is 70.4 Å². The lowest BCUT2D eigenvalue weighted by Gasteiger charge is -2.31. The van der Waals surface area contributed by atoms with Crippen LogP contribution in [0.2, 0.25) is 5.02 Å². The van der Waals surface area contributed by atoms with Gasteiger partial charge < -0.3 is 24.6 Å². The van der Waals surface area contributed by atoms with Crippen LogP contribution in [0.15, 0.2) is 41.4 Å². The number of carboxylic acid groups (broad SMARTS) is 1. The smallest absolute Gasteiger partial charge is 0.425 e. The third-order valence-electron chi connectivity index (χ3n) is 9.06. The van der Waals surface area contributed by atoms with Crippen molar-refractivity contribution in [3.63, 3.8) is 0 Å². The molecule has 1 aliphatic rings. The first-order valence-electron chi connectivity index (χ1n) is 18.7. The van der Waals surface area contributed by atoms with Crippen LogP contribution in [0.1, 0.15) is 98.6 Å². The quantitative estimate of drug-likeness (QED) is 0.128. The second-order valence-electron chi connectivity index (χ2n) is 16.3. The average Bonchev–Trinajstić information content (AvgIpc) is 3.50. The van der Waals surface area contributed by atoms with Crippen LogP contribution >= 0.6 is 11.6 Å². The molecule has 2 aromatic heterocycles. The van der Waals surface area contributed by atoms with Crippen LogP contribution < -0.4 is 19.7 Å². The fourth-order valence-corrected chi connectivity index (χ4v) is 8.24. The largest absolute Gasteiger partial charge is 0.464 e. The maximum absolute atomic E-state index is 16.4. The number of anilines is 2. The fraction of sp³-hybridized carbons (Fsp3) is 0.462. The van der Waals surface area contributed by atoms with Gasteiger partial charge in [0.25, 0.3) is 10.0 Å². The molecule has 1 aliphatic carbocycles. The maximum atomic E-state index is 16.4. The van der Waals surface area contributed by atoms with Gasteiger partial charge in [-0.3, -0.25) is 9.40 Å². The van der Waals surface area contributed by atoms with E-state index in [9.17, 15) is 36.7 Å². The van der Waals surface area contributed by atoms with Crippen molar-refractivity contribution < 1.29 is 59.7 Å². The Morgan fingerprint density at radius 1 is 0.967 bits per heavy atom. The van der Waals surface area contributed by atoms with Crippen LogP contribution in [-0.2, 0) is 19.5 Å². The monoisotopic (exact) mass is 884 g/mol. The molecule has 2 aromatic carbocycles. The molecule has 0 aliphatic heterocycles. The van der Waals surface area contributed by atoms with E-state index in [4.69, 9.17) is 21.1 Å². The van der Waals surface area contributed by atoms with Crippen molar-refractivity contribution in [2.75, 3.05) is 9.62 Å². The molecule has 3 amide bonds. The number of aromatic nitrogens is 3. The third-order valence-corrected chi connectivity index (χ3v) is 10.9. The molecule has 5 rings (SSSR count). The van der Waals surface area contributed by atoms with Gasteiger partial charge >= 0.3 is 24.9 Å². The predicted octanol–water partition coefficient (Wildman–Crippen LogP) is 9.98. The van der Waals surface area contributed by atoms with Gasteiger partial charge in [0.15, 0.2) is 5.82 Å². The topological polar surface area (TPSA) is 191 Å². The number of nitrogens with one attached hydrogen (secondary N) is 2. The number of rotatable bonds is 10. The summed E-state index contributed by atoms with van der Waals surface area (Å²) >= 11 is 6.03. The standard InChI is InChI=1S/C39H45ClF4N6O9S/c1-19(2)50-32-24(20-9-11-21(12-10-20)46-35(51)58-38(3,4)5)18-45-33(49(36(52)53)37(54)59-39(6,7)8)30(32)31(47-50)23-16-27(42)28(17-26(23)41)48-60(55,56)29-15-22(57-34(43)44)13-14-25(29)40/h13-21,34,48H,9-12H2,1-8H3,(H,46,51)(H,52,53)/t20-,21-. The number of halogens is 5. The number of hydrogen-bond acceptors (Lipinski definition) is 10. The summed E-state index contributed by atoms with van der Waals surface area (Å²) in [5.74, 6) is -3.93. The van der Waals surface area contributed by atoms with Crippen molar-refractivity contribution in [3.8, 4) is 17.0 Å². The van der Waals surface area contributed by atoms with Gasteiger partial charge in [-0.15, -0.1) is 0 Å². The fourth-order valence-electron chi connectivity index (χ4n) is 6.67. The van der Waals surface area contributed by atoms with E-state index in [1.54, 1.807) is 34.6 Å². The molecule has 0 unspecified atom stereocenters. The van der Waals surface area contributed by atoms with Crippen molar-refractivity contribution in [3.05, 3.63) is 58.7 Å². The molecule has 1 saturated carbocycles. The van der Waals surface area contributed by atoms with E-state index in [2.05, 4.69) is 20.1 Å². The summed E-state index contributed by atoms with van der Waals surface area (Å²) < 4.78 is 103. The number of alkyl carbamates (subject to hydrolysis) is 1. The highest BCUT2D eigenvalue weighted by Crippen LogP contribution is 2.44. The minimum absolute atomic E-state index is 0.155. The van der Waals surface area contributed by atoms with Crippen molar-refractivity contribution in [1.29, 1.82) is 0 Å². The van der Waals surface area contributed by atoms with Gasteiger partial charge in [0.1, 0.15) is 39.2 Å². The van der Waals surface area contributed by atoms with Gasteiger partial charge in [-0.25, -0.2) is 36.6 Å². The van der Waals surface area contributed by atoms with Crippen molar-refractivity contribution in [1.82, 2.24) is 20.1 Å². The number of carbonyl (C=O) groups is 3. The van der Waals surface area contributed by atoms with Gasteiger partial charge in [0, 0.05) is 36.0 Å². The van der Waals surface area contributed by atoms with E-state index in [0.29, 0.717) is 49.4 Å². The molecule has 3 N–H and O–H groups in total. The molecule has 326 valence electrons. The summed E-state index contributed by atoms with van der Waals surface area (Å²) in [5, 5.41) is 17.3. The first kappa shape index (κ1) is 45.7. The molecule has 60 heavy (non-hydrogen) atoms. The zero-order valence-corrected chi connectivity index (χ0v) is 35.5. The first-order chi connectivity index (χ1) is 27.8. The van der Waals surface area contributed by atoms with Gasteiger partial charge in [0.2, 0.25) is 0 Å². The summed E-state index contributed by atoms with van der Waals surface area (Å²) in [6.07, 6.45) is -0.278. The summed E-state index contributed by atoms with van der Waals surface area (Å²) in [4.78, 5) is 42.7. The highest BCUT2D eigenvalue weighted by molar-refractivity contribution is 7.92. The predicted molar refractivity (Wildman–Crippen MR) is 213 cm³/mol. The molecule has 1 fully saturated rings. The number of fused-ring (bicyclic) bond motifs is 1. The number of nitrogens with zero attached hydrogens (tertiary/aromatic N) is 4. The number of benzene rings is 2. The van der Waals surface area contributed by atoms with Gasteiger partial charge in [0.05, 0.1) is 21.6 Å². The Morgan fingerprint density at radius 2 is 1.60 bits per heavy atom. The minimum Gasteiger partial charge on any atom is -0.464 e. The molecule has 0 spiro atoms. The number of imide groups is 1. The van der Waals surface area contributed by atoms with E-state index in [0.717, 1.165) is 12.1 Å². The lowest BCUT2D eigenvalue weighted by atomic mass is 9.81. The SMILES string of the molecule is CC(C)n1nc(-c2cc(F)c(NS(=O)(=O)c3cc(OC(F)F)ccc3Cl)cc2F)c2c(N(C(=O)O)C(=O)OC(C)(C)C)ncc([C@H]3CC[C@H](NC(=O)OC(C)(C)C)CC3)c21. The van der Waals surface area contributed by atoms with Crippen molar-refractivity contribution in [2.45, 2.75) is 122 Å². The van der Waals surface area contributed by atoms with Gasteiger partial charge in [-0.05, 0) is 111 Å². The van der Waals surface area contributed by atoms with Gasteiger partial charge in [-0.2, -0.15) is 18.8 Å². The van der Waals surface area contributed by atoms with E-state index in [1.807, 2.05) is 4.72 Å². The number of pyridine rings is 1. The lowest BCUT2D eigenvalue weighted by Crippen LogP contribution is -2.41. The Morgan fingerprint density at radius 3 is 2.17 bits per heavy atom. The van der Waals surface area contributed by atoms with E-state index >= 15 is 8.78 Å².